The van der Waals surface area contributed by atoms with Crippen LogP contribution in [0.15, 0.2) is 58.9 Å². The fourth-order valence-corrected chi connectivity index (χ4v) is 3.76. The molecule has 0 unspecified atom stereocenters. The van der Waals surface area contributed by atoms with Crippen molar-refractivity contribution in [3.63, 3.8) is 0 Å². The molecule has 2 N–H and O–H groups in total. The van der Waals surface area contributed by atoms with Crippen molar-refractivity contribution in [3.8, 4) is 17.1 Å². The van der Waals surface area contributed by atoms with Crippen molar-refractivity contribution >= 4 is 29.4 Å². The number of nitrogens with zero attached hydrogens (tertiary/aromatic N) is 5. The Morgan fingerprint density at radius 3 is 2.69 bits per heavy atom. The van der Waals surface area contributed by atoms with Gasteiger partial charge in [-0.05, 0) is 18.2 Å². The average Bonchev–Trinajstić information content (AvgIpc) is 3.32. The topological polar surface area (TPSA) is 122 Å². The number of hydrogen-bond donors (Lipinski definition) is 2. The van der Waals surface area contributed by atoms with E-state index >= 15 is 0 Å². The summed E-state index contributed by atoms with van der Waals surface area (Å²) in [5.41, 5.74) is 2.09. The lowest BCUT2D eigenvalue weighted by Crippen LogP contribution is -2.43. The Morgan fingerprint density at radius 2 is 1.97 bits per heavy atom. The van der Waals surface area contributed by atoms with Gasteiger partial charge < -0.3 is 25.0 Å². The van der Waals surface area contributed by atoms with Crippen LogP contribution in [0.5, 0.6) is 5.75 Å². The lowest BCUT2D eigenvalue weighted by molar-refractivity contribution is -0.130. The van der Waals surface area contributed by atoms with Crippen LogP contribution in [0.3, 0.4) is 0 Å². The first-order valence-electron chi connectivity index (χ1n) is 11.1. The number of rotatable bonds is 7. The monoisotopic (exact) mass is 477 g/mol. The van der Waals surface area contributed by atoms with Crippen LogP contribution < -0.4 is 15.4 Å². The van der Waals surface area contributed by atoms with Crippen LogP contribution in [0.1, 0.15) is 0 Å². The Labute approximate surface area is 202 Å². The lowest BCUT2D eigenvalue weighted by Gasteiger charge is -2.27. The number of pyridine rings is 1. The number of carbonyl (C=O) groups excluding carboxylic acids is 2. The zero-order valence-corrected chi connectivity index (χ0v) is 19.8. The molecule has 11 heteroatoms. The van der Waals surface area contributed by atoms with Crippen LogP contribution in [0.25, 0.3) is 17.0 Å². The molecule has 0 atom stereocenters. The van der Waals surface area contributed by atoms with Crippen molar-refractivity contribution < 1.29 is 19.1 Å². The molecular formula is C24H27N7O4. The van der Waals surface area contributed by atoms with Crippen LogP contribution in [-0.2, 0) is 14.3 Å². The number of aliphatic imine (C=N–C) groups is 1. The van der Waals surface area contributed by atoms with E-state index in [1.54, 1.807) is 49.0 Å². The summed E-state index contributed by atoms with van der Waals surface area (Å²) in [6.07, 6.45) is 3.09. The van der Waals surface area contributed by atoms with Crippen molar-refractivity contribution in [2.45, 2.75) is 0 Å². The van der Waals surface area contributed by atoms with Crippen LogP contribution in [0.4, 0.5) is 5.69 Å². The van der Waals surface area contributed by atoms with Crippen molar-refractivity contribution in [2.75, 3.05) is 52.8 Å². The van der Waals surface area contributed by atoms with E-state index in [0.717, 1.165) is 5.56 Å². The molecule has 2 aromatic heterocycles. The number of nitrogens with one attached hydrogen (secondary N) is 2. The van der Waals surface area contributed by atoms with Gasteiger partial charge in [0.1, 0.15) is 11.4 Å². The summed E-state index contributed by atoms with van der Waals surface area (Å²) in [6.45, 7) is 1.82. The Hall–Kier alpha value is -4.25. The molecule has 35 heavy (non-hydrogen) atoms. The van der Waals surface area contributed by atoms with Crippen LogP contribution >= 0.6 is 0 Å². The fourth-order valence-electron chi connectivity index (χ4n) is 3.76. The first kappa shape index (κ1) is 23.9. The van der Waals surface area contributed by atoms with Crippen molar-refractivity contribution in [1.29, 1.82) is 0 Å². The number of anilines is 1. The van der Waals surface area contributed by atoms with Gasteiger partial charge in [-0.15, -0.1) is 5.10 Å². The van der Waals surface area contributed by atoms with E-state index in [0.29, 0.717) is 49.2 Å². The summed E-state index contributed by atoms with van der Waals surface area (Å²) in [5.74, 6) is 0.403. The highest BCUT2D eigenvalue weighted by Crippen LogP contribution is 2.27. The van der Waals surface area contributed by atoms with Gasteiger partial charge in [-0.25, -0.2) is 9.50 Å². The van der Waals surface area contributed by atoms with E-state index in [-0.39, 0.29) is 17.2 Å². The Kier molecular flexibility index (Phi) is 7.36. The molecule has 0 aliphatic carbocycles. The predicted molar refractivity (Wildman–Crippen MR) is 132 cm³/mol. The quantitative estimate of drug-likeness (QED) is 0.389. The molecule has 2 amide bonds. The molecule has 0 saturated carbocycles. The van der Waals surface area contributed by atoms with Gasteiger partial charge in [0, 0.05) is 51.4 Å². The molecule has 0 bridgehead atoms. The third-order valence-corrected chi connectivity index (χ3v) is 5.48. The molecule has 1 aromatic carbocycles. The summed E-state index contributed by atoms with van der Waals surface area (Å²) in [4.78, 5) is 36.4. The third kappa shape index (κ3) is 5.14. The van der Waals surface area contributed by atoms with E-state index < -0.39 is 5.91 Å². The molecule has 1 aliphatic rings. The van der Waals surface area contributed by atoms with E-state index in [9.17, 15) is 9.59 Å². The molecule has 1 fully saturated rings. The van der Waals surface area contributed by atoms with Gasteiger partial charge in [0.2, 0.25) is 0 Å². The first-order chi connectivity index (χ1) is 17.0. The van der Waals surface area contributed by atoms with Crippen molar-refractivity contribution in [2.24, 2.45) is 4.99 Å². The van der Waals surface area contributed by atoms with Gasteiger partial charge in [-0.3, -0.25) is 14.6 Å². The third-order valence-electron chi connectivity index (χ3n) is 5.48. The zero-order valence-electron chi connectivity index (χ0n) is 19.8. The van der Waals surface area contributed by atoms with E-state index in [1.807, 2.05) is 24.3 Å². The van der Waals surface area contributed by atoms with Gasteiger partial charge in [0.05, 0.1) is 31.5 Å². The zero-order chi connectivity index (χ0) is 24.8. The maximum absolute atomic E-state index is 13.1. The number of hydrogen-bond acceptors (Lipinski definition) is 8. The molecule has 1 saturated heterocycles. The number of benzene rings is 1. The first-order valence-corrected chi connectivity index (χ1v) is 11.1. The Balaban J connectivity index is 1.61. The van der Waals surface area contributed by atoms with Gasteiger partial charge in [-0.1, -0.05) is 12.1 Å². The minimum absolute atomic E-state index is 0.114. The highest BCUT2D eigenvalue weighted by molar-refractivity contribution is 6.19. The van der Waals surface area contributed by atoms with Crippen molar-refractivity contribution in [1.82, 2.24) is 24.8 Å². The van der Waals surface area contributed by atoms with Gasteiger partial charge in [0.25, 0.3) is 11.8 Å². The van der Waals surface area contributed by atoms with E-state index in [2.05, 4.69) is 25.7 Å². The summed E-state index contributed by atoms with van der Waals surface area (Å²) >= 11 is 0. The van der Waals surface area contributed by atoms with E-state index in [1.165, 1.54) is 6.21 Å². The molecule has 0 spiro atoms. The van der Waals surface area contributed by atoms with Gasteiger partial charge in [0.15, 0.2) is 11.5 Å². The number of fused-ring (bicyclic) bond motifs is 1. The minimum Gasteiger partial charge on any atom is -0.496 e. The SMILES string of the molecule is CN=C/C(C(=O)N1CCOCC1)=C(\NC)C(=O)Nc1ccn2nc(-c3ccccc3OC)nc2c1. The Bertz CT molecular complexity index is 1290. The number of methoxy groups -OCH3 is 1. The molecular weight excluding hydrogens is 450 g/mol. The molecule has 182 valence electrons. The number of para-hydroxylation sites is 1. The van der Waals surface area contributed by atoms with Crippen LogP contribution in [-0.4, -0.2) is 85.0 Å². The second kappa shape index (κ2) is 10.8. The highest BCUT2D eigenvalue weighted by Gasteiger charge is 2.25. The number of morpholine rings is 1. The lowest BCUT2D eigenvalue weighted by atomic mass is 10.1. The largest absolute Gasteiger partial charge is 0.496 e. The maximum Gasteiger partial charge on any atom is 0.272 e. The minimum atomic E-state index is -0.474. The van der Waals surface area contributed by atoms with E-state index in [4.69, 9.17) is 9.47 Å². The predicted octanol–water partition coefficient (Wildman–Crippen LogP) is 1.38. The summed E-state index contributed by atoms with van der Waals surface area (Å²) in [5, 5.41) is 10.2. The maximum atomic E-state index is 13.1. The Morgan fingerprint density at radius 1 is 1.20 bits per heavy atom. The number of carbonyl (C=O) groups is 2. The molecule has 1 aliphatic heterocycles. The smallest absolute Gasteiger partial charge is 0.272 e. The molecule has 3 heterocycles. The molecule has 3 aromatic rings. The van der Waals surface area contributed by atoms with Crippen LogP contribution in [0.2, 0.25) is 0 Å². The number of amides is 2. The molecule has 4 rings (SSSR count). The number of aromatic nitrogens is 3. The molecule has 0 radical (unpaired) electrons. The summed E-state index contributed by atoms with van der Waals surface area (Å²) in [7, 11) is 4.74. The molecule has 11 nitrogen and oxygen atoms in total. The fraction of sp³-hybridized carbons (Fsp3) is 0.292. The summed E-state index contributed by atoms with van der Waals surface area (Å²) < 4.78 is 12.3. The normalized spacial score (nSPS) is 14.7. The average molecular weight is 478 g/mol. The van der Waals surface area contributed by atoms with Gasteiger partial charge in [-0.2, -0.15) is 0 Å². The number of likely N-dealkylation sites (N-methyl/N-ethyl adjacent to an activating group) is 1. The van der Waals surface area contributed by atoms with Crippen molar-refractivity contribution in [3.05, 3.63) is 53.9 Å². The van der Waals surface area contributed by atoms with Gasteiger partial charge >= 0.3 is 0 Å². The number of ether oxygens (including phenoxy) is 2. The second-order valence-electron chi connectivity index (χ2n) is 7.64. The van der Waals surface area contributed by atoms with Crippen LogP contribution in [0, 0.1) is 0 Å². The summed E-state index contributed by atoms with van der Waals surface area (Å²) in [6, 6.07) is 10.9. The second-order valence-corrected chi connectivity index (χ2v) is 7.64. The standard InChI is InChI=1S/C24H27N7O4/c1-25-15-18(24(33)30-10-12-35-13-11-30)21(26-2)23(32)27-16-8-9-31-20(14-16)28-22(29-31)17-6-4-5-7-19(17)34-3/h4-9,14-15,26H,10-13H2,1-3H3,(H,27,32)/b21-18+,25-15?. The highest BCUT2D eigenvalue weighted by atomic mass is 16.5.